The van der Waals surface area contributed by atoms with Crippen molar-refractivity contribution >= 4 is 27.9 Å². The number of benzene rings is 2. The highest BCUT2D eigenvalue weighted by atomic mass is 15.2. The average molecular weight is 482 g/mol. The molecular formula is C27H31N9. The van der Waals surface area contributed by atoms with Crippen molar-refractivity contribution in [3.8, 4) is 11.1 Å². The van der Waals surface area contributed by atoms with Crippen LogP contribution in [0.5, 0.6) is 0 Å². The molecule has 4 heterocycles. The third-order valence-corrected chi connectivity index (χ3v) is 7.12. The molecule has 0 bridgehead atoms. The predicted octanol–water partition coefficient (Wildman–Crippen LogP) is 2.81. The summed E-state index contributed by atoms with van der Waals surface area (Å²) in [6.45, 7) is 6.49. The molecule has 1 aliphatic heterocycles. The number of likely N-dealkylation sites (N-methyl/N-ethyl adjacent to an activating group) is 1. The summed E-state index contributed by atoms with van der Waals surface area (Å²) in [6.07, 6.45) is 3.26. The number of anilines is 1. The number of nitrogen functional groups attached to an aromatic ring is 1. The summed E-state index contributed by atoms with van der Waals surface area (Å²) in [6, 6.07) is 15.5. The van der Waals surface area contributed by atoms with Gasteiger partial charge in [0, 0.05) is 50.3 Å². The van der Waals surface area contributed by atoms with E-state index in [4.69, 9.17) is 11.5 Å². The Balaban J connectivity index is 1.37. The number of fused-ring (bicyclic) bond motifs is 2. The molecule has 0 aliphatic carbocycles. The van der Waals surface area contributed by atoms with E-state index in [9.17, 15) is 0 Å². The van der Waals surface area contributed by atoms with Crippen LogP contribution in [0.2, 0.25) is 0 Å². The van der Waals surface area contributed by atoms with Gasteiger partial charge in [-0.25, -0.2) is 15.0 Å². The monoisotopic (exact) mass is 481 g/mol. The minimum Gasteiger partial charge on any atom is -0.382 e. The minimum absolute atomic E-state index is 0.389. The first-order valence-electron chi connectivity index (χ1n) is 12.3. The van der Waals surface area contributed by atoms with Crippen LogP contribution in [0.15, 0.2) is 55.1 Å². The summed E-state index contributed by atoms with van der Waals surface area (Å²) in [5, 5.41) is 1.14. The second kappa shape index (κ2) is 9.34. The second-order valence-corrected chi connectivity index (χ2v) is 9.68. The van der Waals surface area contributed by atoms with Crippen molar-refractivity contribution in [3.05, 3.63) is 71.9 Å². The molecular weight excluding hydrogens is 450 g/mol. The molecule has 6 rings (SSSR count). The molecule has 0 saturated carbocycles. The quantitative estimate of drug-likeness (QED) is 0.341. The number of imidazole rings is 1. The zero-order chi connectivity index (χ0) is 24.6. The van der Waals surface area contributed by atoms with Crippen LogP contribution < -0.4 is 11.5 Å². The number of rotatable bonds is 6. The van der Waals surface area contributed by atoms with Gasteiger partial charge in [-0.05, 0) is 53.6 Å². The standard InChI is InChI=1S/C27H31N9/c1-34-5-7-35(8-6-34)14-18-3-2-4-19(9-18)20-10-21-12-23(13-28)33-24(21)22(11-20)15-36-17-32-25-26(29)30-16-31-27(25)36/h2-4,9-12,16-17,33H,5-8,13-15,28H2,1H3,(H2,29,30,31). The Morgan fingerprint density at radius 1 is 0.944 bits per heavy atom. The van der Waals surface area contributed by atoms with Crippen LogP contribution >= 0.6 is 0 Å². The molecule has 1 saturated heterocycles. The number of hydrogen-bond acceptors (Lipinski definition) is 7. The number of H-pyrrole nitrogens is 1. The SMILES string of the molecule is CN1CCN(Cc2cccc(-c3cc(Cn4cnc5c(N)ncnc54)c4[nH]c(CN)cc4c3)c2)CC1. The van der Waals surface area contributed by atoms with Crippen LogP contribution in [-0.4, -0.2) is 67.5 Å². The molecule has 0 spiro atoms. The third-order valence-electron chi connectivity index (χ3n) is 7.12. The lowest BCUT2D eigenvalue weighted by Gasteiger charge is -2.32. The average Bonchev–Trinajstić information content (AvgIpc) is 3.51. The van der Waals surface area contributed by atoms with E-state index in [1.165, 1.54) is 23.0 Å². The lowest BCUT2D eigenvalue weighted by molar-refractivity contribution is 0.148. The summed E-state index contributed by atoms with van der Waals surface area (Å²) < 4.78 is 2.01. The van der Waals surface area contributed by atoms with Crippen LogP contribution in [0, 0.1) is 0 Å². The number of nitrogens with one attached hydrogen (secondary N) is 1. The Kier molecular flexibility index (Phi) is 5.88. The molecule has 184 valence electrons. The number of nitrogens with two attached hydrogens (primary N) is 2. The normalized spacial score (nSPS) is 15.3. The van der Waals surface area contributed by atoms with Gasteiger partial charge in [0.05, 0.1) is 18.4 Å². The van der Waals surface area contributed by atoms with E-state index in [-0.39, 0.29) is 0 Å². The zero-order valence-electron chi connectivity index (χ0n) is 20.5. The number of nitrogens with zero attached hydrogens (tertiary/aromatic N) is 6. The summed E-state index contributed by atoms with van der Waals surface area (Å²) in [5.41, 5.74) is 20.3. The topological polar surface area (TPSA) is 118 Å². The molecule has 5 N–H and O–H groups in total. The first-order valence-corrected chi connectivity index (χ1v) is 12.3. The molecule has 1 fully saturated rings. The maximum absolute atomic E-state index is 6.01. The van der Waals surface area contributed by atoms with Crippen LogP contribution in [0.25, 0.3) is 33.2 Å². The highest BCUT2D eigenvalue weighted by Gasteiger charge is 2.16. The van der Waals surface area contributed by atoms with E-state index < -0.39 is 0 Å². The van der Waals surface area contributed by atoms with E-state index in [1.807, 2.05) is 4.57 Å². The van der Waals surface area contributed by atoms with E-state index in [0.29, 0.717) is 24.4 Å². The zero-order valence-corrected chi connectivity index (χ0v) is 20.5. The van der Waals surface area contributed by atoms with Crippen LogP contribution in [-0.2, 0) is 19.6 Å². The van der Waals surface area contributed by atoms with Crippen molar-refractivity contribution in [1.29, 1.82) is 0 Å². The van der Waals surface area contributed by atoms with Gasteiger partial charge in [0.2, 0.25) is 0 Å². The molecule has 9 nitrogen and oxygen atoms in total. The fraction of sp³-hybridized carbons (Fsp3) is 0.296. The van der Waals surface area contributed by atoms with Gasteiger partial charge in [0.15, 0.2) is 11.5 Å². The van der Waals surface area contributed by atoms with Crippen molar-refractivity contribution in [1.82, 2.24) is 34.3 Å². The molecule has 0 atom stereocenters. The van der Waals surface area contributed by atoms with Gasteiger partial charge < -0.3 is 25.9 Å². The van der Waals surface area contributed by atoms with Crippen molar-refractivity contribution in [2.75, 3.05) is 39.0 Å². The maximum Gasteiger partial charge on any atom is 0.165 e. The fourth-order valence-corrected chi connectivity index (χ4v) is 5.09. The highest BCUT2D eigenvalue weighted by molar-refractivity contribution is 5.89. The fourth-order valence-electron chi connectivity index (χ4n) is 5.09. The summed E-state index contributed by atoms with van der Waals surface area (Å²) >= 11 is 0. The Morgan fingerprint density at radius 2 is 1.81 bits per heavy atom. The number of aromatic amines is 1. The van der Waals surface area contributed by atoms with Gasteiger partial charge >= 0.3 is 0 Å². The Labute approximate surface area is 209 Å². The van der Waals surface area contributed by atoms with Crippen molar-refractivity contribution in [3.63, 3.8) is 0 Å². The van der Waals surface area contributed by atoms with E-state index in [2.05, 4.69) is 79.2 Å². The molecule has 0 radical (unpaired) electrons. The molecule has 5 aromatic rings. The molecule has 2 aromatic carbocycles. The van der Waals surface area contributed by atoms with Crippen molar-refractivity contribution in [2.24, 2.45) is 5.73 Å². The summed E-state index contributed by atoms with van der Waals surface area (Å²) in [7, 11) is 2.19. The number of piperazine rings is 1. The molecule has 9 heteroatoms. The molecule has 0 unspecified atom stereocenters. The Bertz CT molecular complexity index is 1530. The van der Waals surface area contributed by atoms with Crippen molar-refractivity contribution < 1.29 is 0 Å². The minimum atomic E-state index is 0.389. The van der Waals surface area contributed by atoms with E-state index in [1.54, 1.807) is 6.33 Å². The lowest BCUT2D eigenvalue weighted by atomic mass is 9.98. The maximum atomic E-state index is 6.01. The molecule has 0 amide bonds. The van der Waals surface area contributed by atoms with Crippen molar-refractivity contribution in [2.45, 2.75) is 19.6 Å². The number of hydrogen-bond donors (Lipinski definition) is 3. The predicted molar refractivity (Wildman–Crippen MR) is 143 cm³/mol. The van der Waals surface area contributed by atoms with Crippen LogP contribution in [0.4, 0.5) is 5.82 Å². The van der Waals surface area contributed by atoms with Gasteiger partial charge in [0.1, 0.15) is 11.8 Å². The van der Waals surface area contributed by atoms with Gasteiger partial charge in [-0.3, -0.25) is 4.90 Å². The van der Waals surface area contributed by atoms with Gasteiger partial charge in [0.25, 0.3) is 0 Å². The van der Waals surface area contributed by atoms with Gasteiger partial charge in [-0.1, -0.05) is 18.2 Å². The van der Waals surface area contributed by atoms with Crippen LogP contribution in [0.3, 0.4) is 0 Å². The Hall–Kier alpha value is -3.79. The highest BCUT2D eigenvalue weighted by Crippen LogP contribution is 2.30. The smallest absolute Gasteiger partial charge is 0.165 e. The molecule has 3 aromatic heterocycles. The first-order chi connectivity index (χ1) is 17.6. The molecule has 1 aliphatic rings. The second-order valence-electron chi connectivity index (χ2n) is 9.68. The lowest BCUT2D eigenvalue weighted by Crippen LogP contribution is -2.43. The molecule has 36 heavy (non-hydrogen) atoms. The summed E-state index contributed by atoms with van der Waals surface area (Å²) in [4.78, 5) is 21.4. The summed E-state index contributed by atoms with van der Waals surface area (Å²) in [5.74, 6) is 0.389. The Morgan fingerprint density at radius 3 is 2.64 bits per heavy atom. The largest absolute Gasteiger partial charge is 0.382 e. The van der Waals surface area contributed by atoms with Crippen LogP contribution in [0.1, 0.15) is 16.8 Å². The van der Waals surface area contributed by atoms with Gasteiger partial charge in [-0.15, -0.1) is 0 Å². The number of aromatic nitrogens is 5. The third kappa shape index (κ3) is 4.32. The van der Waals surface area contributed by atoms with E-state index in [0.717, 1.165) is 60.5 Å². The van der Waals surface area contributed by atoms with E-state index >= 15 is 0 Å². The van der Waals surface area contributed by atoms with Gasteiger partial charge in [-0.2, -0.15) is 0 Å². The first kappa shape index (κ1) is 22.7.